The van der Waals surface area contributed by atoms with Gasteiger partial charge in [-0.15, -0.1) is 0 Å². The summed E-state index contributed by atoms with van der Waals surface area (Å²) in [5, 5.41) is 3.37. The Hall–Kier alpha value is -3.73. The lowest BCUT2D eigenvalue weighted by molar-refractivity contribution is 1.03. The molecule has 1 N–H and O–H groups in total. The molecule has 0 saturated carbocycles. The van der Waals surface area contributed by atoms with E-state index in [1.54, 1.807) is 16.8 Å². The summed E-state index contributed by atoms with van der Waals surface area (Å²) in [5.74, 6) is 0.500. The predicted octanol–water partition coefficient (Wildman–Crippen LogP) is 5.73. The maximum atomic E-state index is 13.4. The Morgan fingerprint density at radius 3 is 2.32 bits per heavy atom. The summed E-state index contributed by atoms with van der Waals surface area (Å²) in [6.45, 7) is 10.1. The highest BCUT2D eigenvalue weighted by molar-refractivity contribution is 5.90. The minimum Gasteiger partial charge on any atom is -0.339 e. The third kappa shape index (κ3) is 4.12. The van der Waals surface area contributed by atoms with Gasteiger partial charge in [-0.2, -0.15) is 0 Å². The lowest BCUT2D eigenvalue weighted by Crippen LogP contribution is -2.22. The smallest absolute Gasteiger partial charge is 0.268 e. The van der Waals surface area contributed by atoms with Crippen LogP contribution in [0.15, 0.2) is 64.5 Å². The van der Waals surface area contributed by atoms with Gasteiger partial charge >= 0.3 is 0 Å². The number of nitrogens with one attached hydrogen (secondary N) is 1. The van der Waals surface area contributed by atoms with E-state index in [2.05, 4.69) is 36.3 Å². The van der Waals surface area contributed by atoms with Crippen LogP contribution < -0.4 is 10.9 Å². The number of benzene rings is 2. The van der Waals surface area contributed by atoms with Crippen molar-refractivity contribution in [2.75, 3.05) is 5.32 Å². The van der Waals surface area contributed by atoms with Crippen LogP contribution in [0.2, 0.25) is 0 Å². The molecule has 2 aromatic carbocycles. The molecule has 5 nitrogen and oxygen atoms in total. The highest BCUT2D eigenvalue weighted by Gasteiger charge is 2.14. The van der Waals surface area contributed by atoms with Crippen molar-refractivity contribution in [2.24, 2.45) is 4.99 Å². The predicted molar refractivity (Wildman–Crippen MR) is 129 cm³/mol. The van der Waals surface area contributed by atoms with E-state index in [-0.39, 0.29) is 5.56 Å². The van der Waals surface area contributed by atoms with Gasteiger partial charge in [-0.1, -0.05) is 41.5 Å². The molecule has 0 amide bonds. The molecular weight excluding hydrogens is 384 g/mol. The number of fused-ring (bicyclic) bond motifs is 1. The van der Waals surface area contributed by atoms with Gasteiger partial charge in [0.15, 0.2) is 0 Å². The van der Waals surface area contributed by atoms with Crippen LogP contribution in [-0.2, 0) is 0 Å². The van der Waals surface area contributed by atoms with Gasteiger partial charge < -0.3 is 5.32 Å². The lowest BCUT2D eigenvalue weighted by Gasteiger charge is -2.14. The van der Waals surface area contributed by atoms with Gasteiger partial charge in [0.1, 0.15) is 17.0 Å². The van der Waals surface area contributed by atoms with Crippen LogP contribution >= 0.6 is 0 Å². The van der Waals surface area contributed by atoms with E-state index in [9.17, 15) is 4.79 Å². The van der Waals surface area contributed by atoms with E-state index in [4.69, 9.17) is 4.98 Å². The maximum Gasteiger partial charge on any atom is 0.268 e. The summed E-state index contributed by atoms with van der Waals surface area (Å²) in [7, 11) is 0. The number of aliphatic imine (C=N–C) groups is 1. The standard InChI is InChI=1S/C26H26N4O/c1-16-8-10-22(19(4)13-16)27-15-21-24(28-23-11-9-17(2)14-20(23)5)29-25-18(3)7-6-12-30(25)26(21)31/h6-15,28H,1-5H3. The number of anilines is 2. The number of pyridine rings is 1. The fourth-order valence-corrected chi connectivity index (χ4v) is 3.69. The number of aromatic nitrogens is 2. The van der Waals surface area contributed by atoms with E-state index in [1.807, 2.05) is 57.2 Å². The molecule has 156 valence electrons. The molecule has 0 saturated heterocycles. The monoisotopic (exact) mass is 410 g/mol. The van der Waals surface area contributed by atoms with Gasteiger partial charge in [0.25, 0.3) is 5.56 Å². The van der Waals surface area contributed by atoms with Crippen molar-refractivity contribution in [1.29, 1.82) is 0 Å². The van der Waals surface area contributed by atoms with E-state index >= 15 is 0 Å². The topological polar surface area (TPSA) is 58.8 Å². The van der Waals surface area contributed by atoms with Gasteiger partial charge in [0, 0.05) is 18.1 Å². The first kappa shape index (κ1) is 20.5. The second-order valence-electron chi connectivity index (χ2n) is 8.06. The Bertz CT molecular complexity index is 1380. The molecule has 5 heteroatoms. The molecule has 0 fully saturated rings. The summed E-state index contributed by atoms with van der Waals surface area (Å²) < 4.78 is 1.58. The molecule has 0 spiro atoms. The average Bonchev–Trinajstić information content (AvgIpc) is 2.72. The SMILES string of the molecule is Cc1ccc(N=Cc2c(Nc3ccc(C)cc3C)nc3c(C)cccn3c2=O)c(C)c1. The molecule has 0 aliphatic heterocycles. The normalized spacial score (nSPS) is 11.4. The first-order chi connectivity index (χ1) is 14.8. The Morgan fingerprint density at radius 2 is 1.61 bits per heavy atom. The molecule has 0 aliphatic rings. The summed E-state index contributed by atoms with van der Waals surface area (Å²) in [6.07, 6.45) is 3.36. The number of hydrogen-bond donors (Lipinski definition) is 1. The van der Waals surface area contributed by atoms with E-state index in [0.29, 0.717) is 17.0 Å². The van der Waals surface area contributed by atoms with Crippen LogP contribution in [0.25, 0.3) is 5.65 Å². The Morgan fingerprint density at radius 1 is 0.903 bits per heavy atom. The number of hydrogen-bond acceptors (Lipinski definition) is 4. The van der Waals surface area contributed by atoms with Crippen LogP contribution in [0.5, 0.6) is 0 Å². The highest BCUT2D eigenvalue weighted by atomic mass is 16.1. The Kier molecular flexibility index (Phi) is 5.42. The zero-order valence-electron chi connectivity index (χ0n) is 18.5. The van der Waals surface area contributed by atoms with Gasteiger partial charge in [-0.05, 0) is 69.5 Å². The summed E-state index contributed by atoms with van der Waals surface area (Å²) >= 11 is 0. The molecule has 0 radical (unpaired) electrons. The summed E-state index contributed by atoms with van der Waals surface area (Å²) in [5.41, 5.74) is 8.07. The quantitative estimate of drug-likeness (QED) is 0.437. The molecule has 0 unspecified atom stereocenters. The van der Waals surface area contributed by atoms with E-state index < -0.39 is 0 Å². The fourth-order valence-electron chi connectivity index (χ4n) is 3.69. The average molecular weight is 411 g/mol. The number of aryl methyl sites for hydroxylation is 5. The molecule has 0 bridgehead atoms. The summed E-state index contributed by atoms with van der Waals surface area (Å²) in [6, 6.07) is 16.0. The Labute approximate surface area is 182 Å². The van der Waals surface area contributed by atoms with Crippen molar-refractivity contribution in [1.82, 2.24) is 9.38 Å². The maximum absolute atomic E-state index is 13.4. The minimum absolute atomic E-state index is 0.158. The van der Waals surface area contributed by atoms with Crippen molar-refractivity contribution in [3.8, 4) is 0 Å². The molecule has 4 aromatic rings. The second-order valence-corrected chi connectivity index (χ2v) is 8.06. The van der Waals surface area contributed by atoms with Crippen molar-refractivity contribution in [2.45, 2.75) is 34.6 Å². The number of rotatable bonds is 4. The van der Waals surface area contributed by atoms with Gasteiger partial charge in [0.2, 0.25) is 0 Å². The molecule has 4 rings (SSSR count). The number of nitrogens with zero attached hydrogens (tertiary/aromatic N) is 3. The Balaban J connectivity index is 1.89. The van der Waals surface area contributed by atoms with Gasteiger partial charge in [-0.3, -0.25) is 14.2 Å². The van der Waals surface area contributed by atoms with E-state index in [0.717, 1.165) is 28.1 Å². The molecule has 2 aromatic heterocycles. The fraction of sp³-hybridized carbons (Fsp3) is 0.192. The van der Waals surface area contributed by atoms with E-state index in [1.165, 1.54) is 11.1 Å². The first-order valence-electron chi connectivity index (χ1n) is 10.3. The molecule has 0 aliphatic carbocycles. The second kappa shape index (κ2) is 8.19. The summed E-state index contributed by atoms with van der Waals surface area (Å²) in [4.78, 5) is 22.8. The lowest BCUT2D eigenvalue weighted by atomic mass is 10.1. The van der Waals surface area contributed by atoms with Crippen LogP contribution in [0.1, 0.15) is 33.4 Å². The zero-order chi connectivity index (χ0) is 22.1. The highest BCUT2D eigenvalue weighted by Crippen LogP contribution is 2.24. The van der Waals surface area contributed by atoms with Crippen molar-refractivity contribution in [3.05, 3.63) is 98.5 Å². The van der Waals surface area contributed by atoms with Gasteiger partial charge in [-0.25, -0.2) is 4.98 Å². The van der Waals surface area contributed by atoms with Gasteiger partial charge in [0.05, 0.1) is 5.69 Å². The third-order valence-corrected chi connectivity index (χ3v) is 5.40. The molecule has 0 atom stereocenters. The van der Waals surface area contributed by atoms with Crippen molar-refractivity contribution < 1.29 is 0 Å². The van der Waals surface area contributed by atoms with Crippen molar-refractivity contribution in [3.63, 3.8) is 0 Å². The third-order valence-electron chi connectivity index (χ3n) is 5.40. The largest absolute Gasteiger partial charge is 0.339 e. The van der Waals surface area contributed by atoms with Crippen LogP contribution in [0.3, 0.4) is 0 Å². The minimum atomic E-state index is -0.158. The first-order valence-corrected chi connectivity index (χ1v) is 10.3. The van der Waals surface area contributed by atoms with Crippen LogP contribution in [0, 0.1) is 34.6 Å². The van der Waals surface area contributed by atoms with Crippen LogP contribution in [-0.4, -0.2) is 15.6 Å². The van der Waals surface area contributed by atoms with Crippen LogP contribution in [0.4, 0.5) is 17.2 Å². The molecule has 31 heavy (non-hydrogen) atoms. The molecular formula is C26H26N4O. The van der Waals surface area contributed by atoms with Crippen molar-refractivity contribution >= 4 is 29.1 Å². The molecule has 2 heterocycles. The zero-order valence-corrected chi connectivity index (χ0v) is 18.5.